The molecule has 0 bridgehead atoms. The van der Waals surface area contributed by atoms with Gasteiger partial charge in [0.1, 0.15) is 0 Å². The molecule has 2 heteroatoms. The fourth-order valence-electron chi connectivity index (χ4n) is 8.71. The maximum atomic E-state index is 2.48. The monoisotopic (exact) mass is 755 g/mol. The highest BCUT2D eigenvalue weighted by Crippen LogP contribution is 2.50. The Morgan fingerprint density at radius 1 is 0.276 bits per heavy atom. The average molecular weight is 756 g/mol. The molecule has 272 valence electrons. The molecule has 11 rings (SSSR count). The first-order chi connectivity index (χ1) is 28.8. The van der Waals surface area contributed by atoms with E-state index in [1.54, 1.807) is 0 Å². The van der Waals surface area contributed by atoms with Gasteiger partial charge in [0, 0.05) is 42.5 Å². The van der Waals surface area contributed by atoms with Crippen molar-refractivity contribution in [2.75, 3.05) is 4.90 Å². The third-order valence-corrected chi connectivity index (χ3v) is 12.7. The van der Waals surface area contributed by atoms with Crippen molar-refractivity contribution >= 4 is 70.1 Å². The lowest BCUT2D eigenvalue weighted by Crippen LogP contribution is -2.12. The standard InChI is InChI=1S/C56H37NS/c1-3-14-38(15-4-1)40-26-28-43(29-27-40)54-50-21-9-7-18-47(50)48-19-8-10-22-51(48)55(54)57(44-34-30-41(31-35-44)39-16-5-2-6-17-39)45-36-32-42(33-37-45)46-23-13-24-52-49-20-11-12-25-53(49)58-56(46)52/h1-37H. The van der Waals surface area contributed by atoms with E-state index in [-0.39, 0.29) is 0 Å². The second-order valence-electron chi connectivity index (χ2n) is 14.8. The van der Waals surface area contributed by atoms with E-state index in [2.05, 4.69) is 229 Å². The molecule has 1 nitrogen and oxygen atoms in total. The first-order valence-electron chi connectivity index (χ1n) is 19.8. The zero-order valence-electron chi connectivity index (χ0n) is 31.7. The summed E-state index contributed by atoms with van der Waals surface area (Å²) in [7, 11) is 0. The fraction of sp³-hybridized carbons (Fsp3) is 0. The predicted molar refractivity (Wildman–Crippen MR) is 251 cm³/mol. The fourth-order valence-corrected chi connectivity index (χ4v) is 9.95. The first kappa shape index (κ1) is 34.0. The van der Waals surface area contributed by atoms with Crippen LogP contribution in [0.25, 0.3) is 86.2 Å². The van der Waals surface area contributed by atoms with Gasteiger partial charge in [-0.15, -0.1) is 11.3 Å². The van der Waals surface area contributed by atoms with Crippen molar-refractivity contribution in [2.45, 2.75) is 0 Å². The van der Waals surface area contributed by atoms with Crippen LogP contribution in [0.1, 0.15) is 0 Å². The smallest absolute Gasteiger partial charge is 0.0624 e. The van der Waals surface area contributed by atoms with Crippen LogP contribution in [0.15, 0.2) is 224 Å². The summed E-state index contributed by atoms with van der Waals surface area (Å²) in [5, 5.41) is 7.54. The van der Waals surface area contributed by atoms with Crippen LogP contribution in [0.3, 0.4) is 0 Å². The molecule has 0 aliphatic rings. The number of hydrogen-bond acceptors (Lipinski definition) is 2. The van der Waals surface area contributed by atoms with Crippen LogP contribution in [-0.4, -0.2) is 0 Å². The summed E-state index contributed by atoms with van der Waals surface area (Å²) in [6, 6.07) is 81.9. The van der Waals surface area contributed by atoms with E-state index in [4.69, 9.17) is 0 Å². The first-order valence-corrected chi connectivity index (χ1v) is 20.7. The zero-order valence-corrected chi connectivity index (χ0v) is 32.5. The molecule has 0 saturated carbocycles. The number of fused-ring (bicyclic) bond motifs is 6. The van der Waals surface area contributed by atoms with Crippen LogP contribution in [0.4, 0.5) is 17.1 Å². The van der Waals surface area contributed by atoms with E-state index in [1.807, 2.05) is 11.3 Å². The van der Waals surface area contributed by atoms with E-state index in [0.29, 0.717) is 0 Å². The number of nitrogens with zero attached hydrogens (tertiary/aromatic N) is 1. The highest BCUT2D eigenvalue weighted by atomic mass is 32.1. The molecular formula is C56H37NS. The number of hydrogen-bond donors (Lipinski definition) is 0. The lowest BCUT2D eigenvalue weighted by atomic mass is 9.89. The maximum absolute atomic E-state index is 2.48. The second-order valence-corrected chi connectivity index (χ2v) is 15.9. The molecule has 1 heterocycles. The Balaban J connectivity index is 1.15. The molecule has 1 aromatic heterocycles. The minimum absolute atomic E-state index is 1.10. The van der Waals surface area contributed by atoms with Crippen molar-refractivity contribution in [1.29, 1.82) is 0 Å². The topological polar surface area (TPSA) is 3.24 Å². The molecule has 0 aliphatic heterocycles. The van der Waals surface area contributed by atoms with Crippen LogP contribution >= 0.6 is 11.3 Å². The van der Waals surface area contributed by atoms with Gasteiger partial charge in [0.15, 0.2) is 0 Å². The summed E-state index contributed by atoms with van der Waals surface area (Å²) in [6.07, 6.45) is 0. The Morgan fingerprint density at radius 2 is 0.707 bits per heavy atom. The van der Waals surface area contributed by atoms with Gasteiger partial charge in [-0.3, -0.25) is 0 Å². The van der Waals surface area contributed by atoms with Crippen LogP contribution in [0, 0.1) is 0 Å². The molecule has 0 radical (unpaired) electrons. The lowest BCUT2D eigenvalue weighted by Gasteiger charge is -2.31. The third-order valence-electron chi connectivity index (χ3n) is 11.5. The molecule has 0 saturated heterocycles. The van der Waals surface area contributed by atoms with Crippen molar-refractivity contribution in [3.05, 3.63) is 224 Å². The normalized spacial score (nSPS) is 11.4. The molecule has 0 N–H and O–H groups in total. The van der Waals surface area contributed by atoms with E-state index in [9.17, 15) is 0 Å². The zero-order chi connectivity index (χ0) is 38.4. The summed E-state index contributed by atoms with van der Waals surface area (Å²) >= 11 is 1.88. The molecular weight excluding hydrogens is 719 g/mol. The minimum atomic E-state index is 1.10. The Kier molecular flexibility index (Phi) is 8.42. The maximum Gasteiger partial charge on any atom is 0.0624 e. The van der Waals surface area contributed by atoms with Crippen LogP contribution in [0.2, 0.25) is 0 Å². The Hall–Kier alpha value is -7.26. The Bertz CT molecular complexity index is 3240. The third kappa shape index (κ3) is 5.86. The van der Waals surface area contributed by atoms with Crippen LogP contribution < -0.4 is 4.90 Å². The Morgan fingerprint density at radius 3 is 1.33 bits per heavy atom. The summed E-state index contributed by atoms with van der Waals surface area (Å²) in [4.78, 5) is 2.48. The predicted octanol–water partition coefficient (Wildman–Crippen LogP) is 16.5. The number of anilines is 3. The second kappa shape index (κ2) is 14.4. The summed E-state index contributed by atoms with van der Waals surface area (Å²) in [5.74, 6) is 0. The lowest BCUT2D eigenvalue weighted by molar-refractivity contribution is 1.30. The van der Waals surface area contributed by atoms with Gasteiger partial charge in [-0.1, -0.05) is 194 Å². The van der Waals surface area contributed by atoms with E-state index in [1.165, 1.54) is 86.2 Å². The summed E-state index contributed by atoms with van der Waals surface area (Å²) < 4.78 is 2.64. The van der Waals surface area contributed by atoms with Gasteiger partial charge in [0.05, 0.1) is 5.69 Å². The van der Waals surface area contributed by atoms with Crippen LogP contribution in [-0.2, 0) is 0 Å². The molecule has 0 spiro atoms. The molecule has 0 amide bonds. The van der Waals surface area contributed by atoms with Gasteiger partial charge in [-0.25, -0.2) is 0 Å². The summed E-state index contributed by atoms with van der Waals surface area (Å²) in [5.41, 5.74) is 13.0. The molecule has 58 heavy (non-hydrogen) atoms. The largest absolute Gasteiger partial charge is 0.309 e. The molecule has 0 atom stereocenters. The van der Waals surface area contributed by atoms with Crippen LogP contribution in [0.5, 0.6) is 0 Å². The van der Waals surface area contributed by atoms with Crippen molar-refractivity contribution < 1.29 is 0 Å². The average Bonchev–Trinajstić information content (AvgIpc) is 3.69. The number of rotatable bonds is 7. The van der Waals surface area contributed by atoms with Gasteiger partial charge in [0.25, 0.3) is 0 Å². The van der Waals surface area contributed by atoms with Gasteiger partial charge < -0.3 is 4.90 Å². The minimum Gasteiger partial charge on any atom is -0.309 e. The number of thiophene rings is 1. The van der Waals surface area contributed by atoms with Crippen molar-refractivity contribution in [3.8, 4) is 44.5 Å². The molecule has 0 unspecified atom stereocenters. The molecule has 0 aliphatic carbocycles. The van der Waals surface area contributed by atoms with E-state index >= 15 is 0 Å². The summed E-state index contributed by atoms with van der Waals surface area (Å²) in [6.45, 7) is 0. The molecule has 0 fully saturated rings. The molecule has 10 aromatic carbocycles. The molecule has 11 aromatic rings. The van der Waals surface area contributed by atoms with E-state index in [0.717, 1.165) is 17.1 Å². The van der Waals surface area contributed by atoms with E-state index < -0.39 is 0 Å². The van der Waals surface area contributed by atoms with Crippen molar-refractivity contribution in [2.24, 2.45) is 0 Å². The highest BCUT2D eigenvalue weighted by Gasteiger charge is 2.24. The SMILES string of the molecule is c1ccc(-c2ccc(-c3c(N(c4ccc(-c5ccccc5)cc4)c4ccc(-c5cccc6c5sc5ccccc56)cc4)c4ccccc4c4ccccc34)cc2)cc1. The van der Waals surface area contributed by atoms with Gasteiger partial charge >= 0.3 is 0 Å². The Labute approximate surface area is 342 Å². The van der Waals surface area contributed by atoms with Crippen molar-refractivity contribution in [3.63, 3.8) is 0 Å². The van der Waals surface area contributed by atoms with Crippen molar-refractivity contribution in [1.82, 2.24) is 0 Å². The quantitative estimate of drug-likeness (QED) is 0.146. The highest BCUT2D eigenvalue weighted by molar-refractivity contribution is 7.26. The number of benzene rings is 10. The van der Waals surface area contributed by atoms with Gasteiger partial charge in [-0.2, -0.15) is 0 Å². The van der Waals surface area contributed by atoms with Gasteiger partial charge in [-0.05, 0) is 85.4 Å². The van der Waals surface area contributed by atoms with Gasteiger partial charge in [0.2, 0.25) is 0 Å².